The summed E-state index contributed by atoms with van der Waals surface area (Å²) in [6, 6.07) is 3.63. The minimum atomic E-state index is -0.143. The van der Waals surface area contributed by atoms with Crippen molar-refractivity contribution in [2.75, 3.05) is 18.0 Å². The maximum Gasteiger partial charge on any atom is 0.315 e. The highest BCUT2D eigenvalue weighted by atomic mass is 16.2. The van der Waals surface area contributed by atoms with Crippen LogP contribution in [0.25, 0.3) is 0 Å². The van der Waals surface area contributed by atoms with E-state index >= 15 is 0 Å². The van der Waals surface area contributed by atoms with Gasteiger partial charge in [0.05, 0.1) is 6.54 Å². The Morgan fingerprint density at radius 2 is 2.17 bits per heavy atom. The first kappa shape index (κ1) is 16.2. The van der Waals surface area contributed by atoms with Gasteiger partial charge in [-0.15, -0.1) is 0 Å². The van der Waals surface area contributed by atoms with Gasteiger partial charge in [-0.3, -0.25) is 4.68 Å². The lowest BCUT2D eigenvalue weighted by molar-refractivity contribution is 0.230. The second-order valence-corrected chi connectivity index (χ2v) is 6.08. The average molecular weight is 329 g/mol. The number of hydrogen-bond donors (Lipinski definition) is 2. The van der Waals surface area contributed by atoms with E-state index in [-0.39, 0.29) is 18.1 Å². The fourth-order valence-electron chi connectivity index (χ4n) is 2.92. The summed E-state index contributed by atoms with van der Waals surface area (Å²) in [5.41, 5.74) is 0. The van der Waals surface area contributed by atoms with Gasteiger partial charge in [0, 0.05) is 50.0 Å². The van der Waals surface area contributed by atoms with Crippen LogP contribution in [0.1, 0.15) is 19.8 Å². The number of nitrogens with one attached hydrogen (secondary N) is 2. The lowest BCUT2D eigenvalue weighted by atomic mass is 10.1. The van der Waals surface area contributed by atoms with Gasteiger partial charge in [0.2, 0.25) is 5.95 Å². The Kier molecular flexibility index (Phi) is 5.25. The van der Waals surface area contributed by atoms with Crippen molar-refractivity contribution in [1.82, 2.24) is 30.4 Å². The molecular weight excluding hydrogens is 306 g/mol. The van der Waals surface area contributed by atoms with Crippen LogP contribution in [0.5, 0.6) is 0 Å². The number of nitrogens with zero attached hydrogens (tertiary/aromatic N) is 5. The quantitative estimate of drug-likeness (QED) is 0.855. The van der Waals surface area contributed by atoms with Crippen LogP contribution in [0.2, 0.25) is 0 Å². The smallest absolute Gasteiger partial charge is 0.315 e. The van der Waals surface area contributed by atoms with Crippen LogP contribution in [0.15, 0.2) is 36.9 Å². The first-order valence-electron chi connectivity index (χ1n) is 8.27. The van der Waals surface area contributed by atoms with Crippen LogP contribution in [-0.2, 0) is 6.54 Å². The number of carbonyl (C=O) groups excluding carboxylic acids is 1. The molecule has 1 saturated heterocycles. The third kappa shape index (κ3) is 4.43. The molecule has 3 heterocycles. The summed E-state index contributed by atoms with van der Waals surface area (Å²) in [7, 11) is 0. The summed E-state index contributed by atoms with van der Waals surface area (Å²) in [4.78, 5) is 22.9. The van der Waals surface area contributed by atoms with E-state index in [1.54, 1.807) is 29.3 Å². The predicted octanol–water partition coefficient (Wildman–Crippen LogP) is 1.03. The average Bonchev–Trinajstić information content (AvgIpc) is 3.08. The van der Waals surface area contributed by atoms with Gasteiger partial charge in [0.15, 0.2) is 0 Å². The van der Waals surface area contributed by atoms with Crippen LogP contribution in [0.4, 0.5) is 10.7 Å². The molecule has 3 rings (SSSR count). The number of amides is 2. The van der Waals surface area contributed by atoms with E-state index in [9.17, 15) is 4.79 Å². The van der Waals surface area contributed by atoms with Crippen molar-refractivity contribution in [2.45, 2.75) is 38.4 Å². The Hall–Kier alpha value is -2.64. The molecule has 128 valence electrons. The Labute approximate surface area is 141 Å². The van der Waals surface area contributed by atoms with Crippen molar-refractivity contribution in [3.8, 4) is 0 Å². The fourth-order valence-corrected chi connectivity index (χ4v) is 2.92. The minimum absolute atomic E-state index is 0.00190. The predicted molar refractivity (Wildman–Crippen MR) is 90.6 cm³/mol. The van der Waals surface area contributed by atoms with Crippen molar-refractivity contribution >= 4 is 12.0 Å². The zero-order chi connectivity index (χ0) is 16.8. The van der Waals surface area contributed by atoms with E-state index in [1.165, 1.54) is 0 Å². The molecule has 2 atom stereocenters. The molecule has 2 aromatic rings. The molecule has 0 aliphatic carbocycles. The van der Waals surface area contributed by atoms with E-state index < -0.39 is 0 Å². The van der Waals surface area contributed by atoms with E-state index in [0.717, 1.165) is 31.9 Å². The molecule has 1 aliphatic rings. The number of carbonyl (C=O) groups is 1. The first-order valence-corrected chi connectivity index (χ1v) is 8.27. The van der Waals surface area contributed by atoms with E-state index in [2.05, 4.69) is 30.6 Å². The minimum Gasteiger partial charge on any atom is -0.339 e. The first-order chi connectivity index (χ1) is 11.7. The second kappa shape index (κ2) is 7.76. The number of anilines is 1. The monoisotopic (exact) mass is 329 g/mol. The Morgan fingerprint density at radius 1 is 1.33 bits per heavy atom. The molecular formula is C16H23N7O. The molecule has 8 nitrogen and oxygen atoms in total. The van der Waals surface area contributed by atoms with Crippen LogP contribution < -0.4 is 15.5 Å². The molecule has 0 saturated carbocycles. The lowest BCUT2D eigenvalue weighted by Gasteiger charge is -2.33. The number of urea groups is 1. The van der Waals surface area contributed by atoms with Gasteiger partial charge in [0.1, 0.15) is 0 Å². The molecule has 0 radical (unpaired) electrons. The molecule has 0 aromatic carbocycles. The van der Waals surface area contributed by atoms with Gasteiger partial charge in [-0.2, -0.15) is 5.10 Å². The maximum absolute atomic E-state index is 12.2. The molecule has 2 unspecified atom stereocenters. The van der Waals surface area contributed by atoms with Gasteiger partial charge >= 0.3 is 6.03 Å². The zero-order valence-electron chi connectivity index (χ0n) is 13.8. The SMILES string of the molecule is CC(Cn1cccn1)NC(=O)NC1CCCN(c2ncccn2)C1. The zero-order valence-corrected chi connectivity index (χ0v) is 13.8. The van der Waals surface area contributed by atoms with Crippen molar-refractivity contribution in [3.05, 3.63) is 36.9 Å². The molecule has 24 heavy (non-hydrogen) atoms. The lowest BCUT2D eigenvalue weighted by Crippen LogP contribution is -2.52. The molecule has 2 aromatic heterocycles. The summed E-state index contributed by atoms with van der Waals surface area (Å²) < 4.78 is 1.81. The Balaban J connectivity index is 1.47. The van der Waals surface area contributed by atoms with Gasteiger partial charge in [-0.1, -0.05) is 0 Å². The maximum atomic E-state index is 12.2. The topological polar surface area (TPSA) is 88.0 Å². The van der Waals surface area contributed by atoms with Crippen LogP contribution >= 0.6 is 0 Å². The highest BCUT2D eigenvalue weighted by Crippen LogP contribution is 2.15. The van der Waals surface area contributed by atoms with Gasteiger partial charge in [-0.25, -0.2) is 14.8 Å². The van der Waals surface area contributed by atoms with Gasteiger partial charge < -0.3 is 15.5 Å². The molecule has 2 amide bonds. The van der Waals surface area contributed by atoms with E-state index in [1.807, 2.05) is 19.2 Å². The van der Waals surface area contributed by atoms with Crippen molar-refractivity contribution < 1.29 is 4.79 Å². The summed E-state index contributed by atoms with van der Waals surface area (Å²) in [6.07, 6.45) is 9.06. The molecule has 0 spiro atoms. The number of aromatic nitrogens is 4. The van der Waals surface area contributed by atoms with Crippen molar-refractivity contribution in [1.29, 1.82) is 0 Å². The third-order valence-electron chi connectivity index (χ3n) is 3.99. The standard InChI is InChI=1S/C16H23N7O/c1-13(11-23-10-4-8-19-23)20-16(24)21-14-5-2-9-22(12-14)15-17-6-3-7-18-15/h3-4,6-8,10,13-14H,2,5,9,11-12H2,1H3,(H2,20,21,24). The van der Waals surface area contributed by atoms with Gasteiger partial charge in [-0.05, 0) is 31.9 Å². The highest BCUT2D eigenvalue weighted by Gasteiger charge is 2.23. The number of hydrogen-bond acceptors (Lipinski definition) is 5. The summed E-state index contributed by atoms with van der Waals surface area (Å²) in [5.74, 6) is 0.719. The van der Waals surface area contributed by atoms with Crippen molar-refractivity contribution in [3.63, 3.8) is 0 Å². The Bertz CT molecular complexity index is 631. The normalized spacial score (nSPS) is 18.9. The van der Waals surface area contributed by atoms with Crippen LogP contribution in [-0.4, -0.2) is 51.0 Å². The molecule has 0 bridgehead atoms. The molecule has 1 aliphatic heterocycles. The van der Waals surface area contributed by atoms with Crippen LogP contribution in [0.3, 0.4) is 0 Å². The molecule has 2 N–H and O–H groups in total. The summed E-state index contributed by atoms with van der Waals surface area (Å²) in [6.45, 7) is 4.26. The van der Waals surface area contributed by atoms with E-state index in [0.29, 0.717) is 6.54 Å². The second-order valence-electron chi connectivity index (χ2n) is 6.08. The highest BCUT2D eigenvalue weighted by molar-refractivity contribution is 5.74. The van der Waals surface area contributed by atoms with E-state index in [4.69, 9.17) is 0 Å². The van der Waals surface area contributed by atoms with Crippen molar-refractivity contribution in [2.24, 2.45) is 0 Å². The number of piperidine rings is 1. The third-order valence-corrected chi connectivity index (χ3v) is 3.99. The largest absolute Gasteiger partial charge is 0.339 e. The molecule has 1 fully saturated rings. The number of rotatable bonds is 5. The fraction of sp³-hybridized carbons (Fsp3) is 0.500. The van der Waals surface area contributed by atoms with Crippen LogP contribution in [0, 0.1) is 0 Å². The Morgan fingerprint density at radius 3 is 2.92 bits per heavy atom. The summed E-state index contributed by atoms with van der Waals surface area (Å²) in [5, 5.41) is 10.2. The molecule has 8 heteroatoms. The van der Waals surface area contributed by atoms with Gasteiger partial charge in [0.25, 0.3) is 0 Å². The summed E-state index contributed by atoms with van der Waals surface area (Å²) >= 11 is 0.